The molecule has 2 aromatic heterocycles. The van der Waals surface area contributed by atoms with Crippen molar-refractivity contribution in [3.05, 3.63) is 101 Å². The summed E-state index contributed by atoms with van der Waals surface area (Å²) in [4.78, 5) is 39.6. The number of anilines is 3. The summed E-state index contributed by atoms with van der Waals surface area (Å²) in [5.74, 6) is -1.04. The number of carbonyl (C=O) groups excluding carboxylic acids is 2. The van der Waals surface area contributed by atoms with Gasteiger partial charge in [-0.1, -0.05) is 60.1 Å². The van der Waals surface area contributed by atoms with Crippen LogP contribution in [0.4, 0.5) is 30.7 Å². The molecule has 2 fully saturated rings. The predicted octanol–water partition coefficient (Wildman–Crippen LogP) is 6.66. The summed E-state index contributed by atoms with van der Waals surface area (Å²) in [5, 5.41) is 3.03. The van der Waals surface area contributed by atoms with E-state index in [9.17, 15) is 22.8 Å². The molecule has 2 aromatic carbocycles. The lowest BCUT2D eigenvalue weighted by Gasteiger charge is -2.31. The molecular weight excluding hydrogens is 633 g/mol. The molecule has 0 bridgehead atoms. The predicted molar refractivity (Wildman–Crippen MR) is 173 cm³/mol. The van der Waals surface area contributed by atoms with Crippen LogP contribution in [0.5, 0.6) is 0 Å². The van der Waals surface area contributed by atoms with E-state index < -0.39 is 23.5 Å². The van der Waals surface area contributed by atoms with Gasteiger partial charge in [-0.3, -0.25) is 9.59 Å². The van der Waals surface area contributed by atoms with Crippen LogP contribution in [0, 0.1) is 0 Å². The zero-order valence-electron chi connectivity index (χ0n) is 25.5. The molecule has 2 aliphatic heterocycles. The van der Waals surface area contributed by atoms with Crippen molar-refractivity contribution in [2.24, 2.45) is 0 Å². The molecule has 6 rings (SSSR count). The Morgan fingerprint density at radius 1 is 0.894 bits per heavy atom. The van der Waals surface area contributed by atoms with Crippen LogP contribution in [0.25, 0.3) is 0 Å². The average molecular weight is 667 g/mol. The minimum absolute atomic E-state index is 0.00330. The van der Waals surface area contributed by atoms with Crippen LogP contribution >= 0.6 is 11.6 Å². The number of hydrogen-bond acceptors (Lipinski definition) is 7. The largest absolute Gasteiger partial charge is 0.437 e. The number of halogens is 4. The smallest absolute Gasteiger partial charge is 0.417 e. The van der Waals surface area contributed by atoms with Gasteiger partial charge in [-0.2, -0.15) is 18.2 Å². The van der Waals surface area contributed by atoms with Crippen molar-refractivity contribution in [3.63, 3.8) is 0 Å². The van der Waals surface area contributed by atoms with E-state index in [4.69, 9.17) is 16.0 Å². The van der Waals surface area contributed by atoms with Crippen LogP contribution in [-0.2, 0) is 17.4 Å². The Kier molecular flexibility index (Phi) is 9.67. The van der Waals surface area contributed by atoms with E-state index in [1.165, 1.54) is 11.8 Å². The fourth-order valence-corrected chi connectivity index (χ4v) is 6.27. The maximum atomic E-state index is 13.9. The molecule has 2 amide bonds. The van der Waals surface area contributed by atoms with Crippen molar-refractivity contribution in [3.8, 4) is 0 Å². The molecule has 2 saturated heterocycles. The van der Waals surface area contributed by atoms with E-state index in [2.05, 4.69) is 15.3 Å². The first-order chi connectivity index (χ1) is 22.7. The van der Waals surface area contributed by atoms with Gasteiger partial charge in [0, 0.05) is 44.3 Å². The second kappa shape index (κ2) is 14.0. The lowest BCUT2D eigenvalue weighted by Crippen LogP contribution is -2.36. The number of alkyl halides is 3. The lowest BCUT2D eigenvalue weighted by molar-refractivity contribution is -0.141. The fraction of sp³-hybridized carbons (Fsp3) is 0.353. The van der Waals surface area contributed by atoms with E-state index in [0.29, 0.717) is 50.1 Å². The lowest BCUT2D eigenvalue weighted by atomic mass is 9.90. The first kappa shape index (κ1) is 32.4. The van der Waals surface area contributed by atoms with Gasteiger partial charge in [0.05, 0.1) is 18.3 Å². The summed E-state index contributed by atoms with van der Waals surface area (Å²) in [6, 6.07) is 20.3. The second-order valence-electron chi connectivity index (χ2n) is 11.7. The third-order valence-corrected chi connectivity index (χ3v) is 8.97. The average Bonchev–Trinajstić information content (AvgIpc) is 3.40. The summed E-state index contributed by atoms with van der Waals surface area (Å²) < 4.78 is 47.3. The molecule has 0 saturated carbocycles. The normalized spacial score (nSPS) is 16.2. The first-order valence-electron chi connectivity index (χ1n) is 15.6. The summed E-state index contributed by atoms with van der Waals surface area (Å²) >= 11 is 6.23. The molecule has 0 radical (unpaired) electrons. The number of amides is 2. The molecule has 0 atom stereocenters. The van der Waals surface area contributed by atoms with Gasteiger partial charge in [0.25, 0.3) is 11.9 Å². The van der Waals surface area contributed by atoms with Crippen molar-refractivity contribution in [1.82, 2.24) is 14.9 Å². The molecule has 4 heterocycles. The number of pyridine rings is 1. The van der Waals surface area contributed by atoms with Crippen molar-refractivity contribution >= 4 is 40.9 Å². The molecule has 2 aliphatic rings. The molecule has 47 heavy (non-hydrogen) atoms. The SMILES string of the molecule is O=C(Nc1ccc(N2CCCN(C(=O)Cc3ccccc3Cl)CC2)nc1)c1oc(N2CCC(c3ccccc3)CC2)nc1C(F)(F)F. The highest BCUT2D eigenvalue weighted by molar-refractivity contribution is 6.31. The summed E-state index contributed by atoms with van der Waals surface area (Å²) in [5.41, 5.74) is 0.817. The van der Waals surface area contributed by atoms with Crippen LogP contribution < -0.4 is 15.1 Å². The van der Waals surface area contributed by atoms with Crippen molar-refractivity contribution in [2.75, 3.05) is 54.4 Å². The van der Waals surface area contributed by atoms with Gasteiger partial charge in [0.2, 0.25) is 11.7 Å². The highest BCUT2D eigenvalue weighted by atomic mass is 35.5. The van der Waals surface area contributed by atoms with E-state index in [1.54, 1.807) is 23.1 Å². The zero-order valence-corrected chi connectivity index (χ0v) is 26.3. The molecule has 246 valence electrons. The van der Waals surface area contributed by atoms with Crippen molar-refractivity contribution in [2.45, 2.75) is 37.8 Å². The first-order valence-corrected chi connectivity index (χ1v) is 15.9. The fourth-order valence-electron chi connectivity index (χ4n) is 6.07. The summed E-state index contributed by atoms with van der Waals surface area (Å²) in [6.07, 6.45) is -1.09. The van der Waals surface area contributed by atoms with Gasteiger partial charge >= 0.3 is 6.18 Å². The van der Waals surface area contributed by atoms with Crippen LogP contribution in [0.15, 0.2) is 77.3 Å². The number of piperidine rings is 1. The third kappa shape index (κ3) is 7.70. The number of benzene rings is 2. The minimum atomic E-state index is -4.88. The van der Waals surface area contributed by atoms with Crippen LogP contribution in [0.3, 0.4) is 0 Å². The zero-order chi connectivity index (χ0) is 33.0. The molecule has 0 spiro atoms. The number of carbonyl (C=O) groups is 2. The van der Waals surface area contributed by atoms with E-state index in [0.717, 1.165) is 24.8 Å². The highest BCUT2D eigenvalue weighted by Gasteiger charge is 2.42. The Hall–Kier alpha value is -4.58. The van der Waals surface area contributed by atoms with E-state index >= 15 is 0 Å². The highest BCUT2D eigenvalue weighted by Crippen LogP contribution is 2.36. The molecule has 9 nitrogen and oxygen atoms in total. The maximum Gasteiger partial charge on any atom is 0.437 e. The van der Waals surface area contributed by atoms with Gasteiger partial charge < -0.3 is 24.4 Å². The number of aromatic nitrogens is 2. The quantitative estimate of drug-likeness (QED) is 0.236. The number of nitrogens with zero attached hydrogens (tertiary/aromatic N) is 5. The third-order valence-electron chi connectivity index (χ3n) is 8.60. The molecule has 13 heteroatoms. The monoisotopic (exact) mass is 666 g/mol. The van der Waals surface area contributed by atoms with Crippen LogP contribution in [-0.4, -0.2) is 66.0 Å². The van der Waals surface area contributed by atoms with E-state index in [-0.39, 0.29) is 29.9 Å². The van der Waals surface area contributed by atoms with Gasteiger partial charge in [-0.25, -0.2) is 4.98 Å². The Balaban J connectivity index is 1.07. The van der Waals surface area contributed by atoms with Crippen LogP contribution in [0.2, 0.25) is 5.02 Å². The van der Waals surface area contributed by atoms with E-state index in [1.807, 2.05) is 58.3 Å². The maximum absolute atomic E-state index is 13.9. The van der Waals surface area contributed by atoms with Crippen molar-refractivity contribution < 1.29 is 27.2 Å². The van der Waals surface area contributed by atoms with Gasteiger partial charge in [0.1, 0.15) is 5.82 Å². The van der Waals surface area contributed by atoms with Gasteiger partial charge in [-0.15, -0.1) is 0 Å². The summed E-state index contributed by atoms with van der Waals surface area (Å²) in [7, 11) is 0. The van der Waals surface area contributed by atoms with Gasteiger partial charge in [-0.05, 0) is 54.5 Å². The molecule has 4 aromatic rings. The number of rotatable bonds is 7. The summed E-state index contributed by atoms with van der Waals surface area (Å²) in [6.45, 7) is 3.21. The Morgan fingerprint density at radius 2 is 1.64 bits per heavy atom. The minimum Gasteiger partial charge on any atom is -0.417 e. The standard InChI is InChI=1S/C34H34ClF3N6O3/c35-27-10-5-4-9-25(27)21-29(45)43-16-6-15-42(19-20-43)28-12-11-26(22-39-28)40-32(46)30-31(34(36,37)38)41-33(47-30)44-17-13-24(14-18-44)23-7-2-1-3-8-23/h1-5,7-12,22,24H,6,13-21H2,(H,40,46). The Bertz CT molecular complexity index is 1690. The molecule has 1 N–H and O–H groups in total. The molecular formula is C34H34ClF3N6O3. The van der Waals surface area contributed by atoms with Gasteiger partial charge in [0.15, 0.2) is 5.69 Å². The molecule has 0 unspecified atom stereocenters. The topological polar surface area (TPSA) is 94.8 Å². The van der Waals surface area contributed by atoms with Crippen LogP contribution in [0.1, 0.15) is 52.6 Å². The number of oxazole rings is 1. The van der Waals surface area contributed by atoms with Crippen molar-refractivity contribution in [1.29, 1.82) is 0 Å². The molecule has 0 aliphatic carbocycles. The number of hydrogen-bond donors (Lipinski definition) is 1. The number of nitrogens with one attached hydrogen (secondary N) is 1. The Labute approximate surface area is 275 Å². The second-order valence-corrected chi connectivity index (χ2v) is 12.1. The Morgan fingerprint density at radius 3 is 2.34 bits per heavy atom.